The number of hydrogen-bond acceptors (Lipinski definition) is 5. The van der Waals surface area contributed by atoms with Crippen molar-refractivity contribution >= 4 is 16.5 Å². The van der Waals surface area contributed by atoms with Gasteiger partial charge < -0.3 is 5.32 Å². The molecule has 1 N–H and O–H groups in total. The zero-order valence-electron chi connectivity index (χ0n) is 10.8. The summed E-state index contributed by atoms with van der Waals surface area (Å²) in [7, 11) is 4.07. The third-order valence-corrected chi connectivity index (χ3v) is 4.31. The van der Waals surface area contributed by atoms with Crippen molar-refractivity contribution in [1.82, 2.24) is 15.1 Å². The molecule has 0 bridgehead atoms. The summed E-state index contributed by atoms with van der Waals surface area (Å²) in [6.07, 6.45) is 7.08. The van der Waals surface area contributed by atoms with Crippen molar-refractivity contribution in [3.8, 4) is 0 Å². The third-order valence-electron chi connectivity index (χ3n) is 3.38. The SMILES string of the molecule is CNc1nnc(CN(C)CC2CCCCC2)s1. The molecule has 4 nitrogen and oxygen atoms in total. The highest BCUT2D eigenvalue weighted by Crippen LogP contribution is 2.25. The lowest BCUT2D eigenvalue weighted by atomic mass is 9.89. The van der Waals surface area contributed by atoms with E-state index in [1.165, 1.54) is 38.6 Å². The average molecular weight is 254 g/mol. The first-order valence-electron chi connectivity index (χ1n) is 6.46. The molecule has 0 atom stereocenters. The van der Waals surface area contributed by atoms with Gasteiger partial charge in [0.2, 0.25) is 5.13 Å². The van der Waals surface area contributed by atoms with Crippen LogP contribution in [0.2, 0.25) is 0 Å². The fraction of sp³-hybridized carbons (Fsp3) is 0.833. The van der Waals surface area contributed by atoms with E-state index in [9.17, 15) is 0 Å². The van der Waals surface area contributed by atoms with E-state index in [-0.39, 0.29) is 0 Å². The first kappa shape index (κ1) is 12.8. The third kappa shape index (κ3) is 3.92. The minimum Gasteiger partial charge on any atom is -0.363 e. The van der Waals surface area contributed by atoms with Gasteiger partial charge in [-0.25, -0.2) is 0 Å². The Morgan fingerprint density at radius 2 is 2.06 bits per heavy atom. The van der Waals surface area contributed by atoms with Gasteiger partial charge in [0.1, 0.15) is 5.01 Å². The molecule has 5 heteroatoms. The van der Waals surface area contributed by atoms with Gasteiger partial charge >= 0.3 is 0 Å². The van der Waals surface area contributed by atoms with E-state index in [0.29, 0.717) is 0 Å². The van der Waals surface area contributed by atoms with Gasteiger partial charge in [0.15, 0.2) is 0 Å². The summed E-state index contributed by atoms with van der Waals surface area (Å²) >= 11 is 1.65. The van der Waals surface area contributed by atoms with Crippen molar-refractivity contribution in [3.05, 3.63) is 5.01 Å². The minimum atomic E-state index is 0.894. The number of hydrogen-bond donors (Lipinski definition) is 1. The molecule has 1 aromatic rings. The summed E-state index contributed by atoms with van der Waals surface area (Å²) in [4.78, 5) is 2.38. The van der Waals surface area contributed by atoms with Gasteiger partial charge in [0.05, 0.1) is 6.54 Å². The van der Waals surface area contributed by atoms with E-state index in [1.54, 1.807) is 11.3 Å². The standard InChI is InChI=1S/C12H22N4S/c1-13-12-15-14-11(17-12)9-16(2)8-10-6-4-3-5-7-10/h10H,3-9H2,1-2H3,(H,13,15). The first-order valence-corrected chi connectivity index (χ1v) is 7.28. The highest BCUT2D eigenvalue weighted by molar-refractivity contribution is 7.15. The van der Waals surface area contributed by atoms with Crippen molar-refractivity contribution in [2.45, 2.75) is 38.6 Å². The minimum absolute atomic E-state index is 0.894. The molecule has 17 heavy (non-hydrogen) atoms. The summed E-state index contributed by atoms with van der Waals surface area (Å²) in [6.45, 7) is 2.13. The lowest BCUT2D eigenvalue weighted by Gasteiger charge is -2.26. The smallest absolute Gasteiger partial charge is 0.205 e. The molecule has 1 aromatic heterocycles. The van der Waals surface area contributed by atoms with Crippen molar-refractivity contribution < 1.29 is 0 Å². The summed E-state index contributed by atoms with van der Waals surface area (Å²) in [5.41, 5.74) is 0. The van der Waals surface area contributed by atoms with Gasteiger partial charge in [-0.05, 0) is 25.8 Å². The Bertz CT molecular complexity index is 333. The lowest BCUT2D eigenvalue weighted by molar-refractivity contribution is 0.227. The highest BCUT2D eigenvalue weighted by atomic mass is 32.1. The monoisotopic (exact) mass is 254 g/mol. The molecule has 0 amide bonds. The number of rotatable bonds is 5. The van der Waals surface area contributed by atoms with E-state index < -0.39 is 0 Å². The quantitative estimate of drug-likeness (QED) is 0.877. The van der Waals surface area contributed by atoms with Crippen molar-refractivity contribution in [3.63, 3.8) is 0 Å². The van der Waals surface area contributed by atoms with Crippen LogP contribution in [0.1, 0.15) is 37.1 Å². The van der Waals surface area contributed by atoms with Gasteiger partial charge in [-0.1, -0.05) is 30.6 Å². The van der Waals surface area contributed by atoms with Crippen LogP contribution in [-0.4, -0.2) is 35.7 Å². The number of aromatic nitrogens is 2. The molecular weight excluding hydrogens is 232 g/mol. The Labute approximate surface area is 107 Å². The largest absolute Gasteiger partial charge is 0.363 e. The summed E-state index contributed by atoms with van der Waals surface area (Å²) in [5, 5.41) is 13.3. The second-order valence-corrected chi connectivity index (χ2v) is 6.01. The second kappa shape index (κ2) is 6.31. The van der Waals surface area contributed by atoms with Crippen LogP contribution in [0.25, 0.3) is 0 Å². The molecule has 96 valence electrons. The average Bonchev–Trinajstić information content (AvgIpc) is 2.78. The zero-order valence-corrected chi connectivity index (χ0v) is 11.6. The maximum atomic E-state index is 4.18. The maximum Gasteiger partial charge on any atom is 0.205 e. The van der Waals surface area contributed by atoms with E-state index in [1.807, 2.05) is 7.05 Å². The normalized spacial score (nSPS) is 17.6. The fourth-order valence-electron chi connectivity index (χ4n) is 2.52. The highest BCUT2D eigenvalue weighted by Gasteiger charge is 2.16. The predicted octanol–water partition coefficient (Wildman–Crippen LogP) is 2.59. The Morgan fingerprint density at radius 1 is 1.29 bits per heavy atom. The first-order chi connectivity index (χ1) is 8.28. The summed E-state index contributed by atoms with van der Waals surface area (Å²) in [6, 6.07) is 0. The molecule has 0 radical (unpaired) electrons. The topological polar surface area (TPSA) is 41.1 Å². The molecule has 1 fully saturated rings. The summed E-state index contributed by atoms with van der Waals surface area (Å²) < 4.78 is 0. The van der Waals surface area contributed by atoms with Crippen LogP contribution < -0.4 is 5.32 Å². The van der Waals surface area contributed by atoms with Crippen molar-refractivity contribution in [2.24, 2.45) is 5.92 Å². The number of nitrogens with one attached hydrogen (secondary N) is 1. The van der Waals surface area contributed by atoms with Crippen LogP contribution >= 0.6 is 11.3 Å². The molecule has 1 saturated carbocycles. The Balaban J connectivity index is 1.77. The van der Waals surface area contributed by atoms with Crippen LogP contribution in [0.15, 0.2) is 0 Å². The Kier molecular flexibility index (Phi) is 4.74. The van der Waals surface area contributed by atoms with E-state index in [4.69, 9.17) is 0 Å². The molecule has 0 unspecified atom stereocenters. The number of nitrogens with zero attached hydrogens (tertiary/aromatic N) is 3. The molecule has 0 aliphatic heterocycles. The van der Waals surface area contributed by atoms with Crippen LogP contribution in [-0.2, 0) is 6.54 Å². The van der Waals surface area contributed by atoms with E-state index in [0.717, 1.165) is 22.6 Å². The molecule has 1 aliphatic carbocycles. The van der Waals surface area contributed by atoms with E-state index in [2.05, 4.69) is 27.5 Å². The Hall–Kier alpha value is -0.680. The van der Waals surface area contributed by atoms with Gasteiger partial charge in [-0.15, -0.1) is 10.2 Å². The zero-order chi connectivity index (χ0) is 12.1. The fourth-order valence-corrected chi connectivity index (χ4v) is 3.30. The van der Waals surface area contributed by atoms with Crippen molar-refractivity contribution in [2.75, 3.05) is 26.0 Å². The van der Waals surface area contributed by atoms with E-state index >= 15 is 0 Å². The molecular formula is C12H22N4S. The van der Waals surface area contributed by atoms with Gasteiger partial charge in [0.25, 0.3) is 0 Å². The predicted molar refractivity (Wildman–Crippen MR) is 72.4 cm³/mol. The van der Waals surface area contributed by atoms with Crippen LogP contribution in [0.5, 0.6) is 0 Å². The number of anilines is 1. The maximum absolute atomic E-state index is 4.18. The molecule has 1 heterocycles. The molecule has 1 aliphatic rings. The second-order valence-electron chi connectivity index (χ2n) is 4.95. The lowest BCUT2D eigenvalue weighted by Crippen LogP contribution is -2.26. The van der Waals surface area contributed by atoms with Gasteiger partial charge in [-0.2, -0.15) is 0 Å². The summed E-state index contributed by atoms with van der Waals surface area (Å²) in [5.74, 6) is 0.894. The van der Waals surface area contributed by atoms with Gasteiger partial charge in [-0.3, -0.25) is 4.90 Å². The molecule has 0 spiro atoms. The van der Waals surface area contributed by atoms with Crippen LogP contribution in [0, 0.1) is 5.92 Å². The van der Waals surface area contributed by atoms with Crippen molar-refractivity contribution in [1.29, 1.82) is 0 Å². The van der Waals surface area contributed by atoms with Crippen LogP contribution in [0.3, 0.4) is 0 Å². The Morgan fingerprint density at radius 3 is 2.71 bits per heavy atom. The van der Waals surface area contributed by atoms with Crippen LogP contribution in [0.4, 0.5) is 5.13 Å². The van der Waals surface area contributed by atoms with Gasteiger partial charge in [0, 0.05) is 13.6 Å². The molecule has 0 saturated heterocycles. The molecule has 0 aromatic carbocycles. The molecule has 2 rings (SSSR count).